The molecular formula is C22H25NO3. The molecule has 0 aromatic heterocycles. The molecule has 0 spiro atoms. The predicted octanol–water partition coefficient (Wildman–Crippen LogP) is 4.58. The number of methoxy groups -OCH3 is 1. The van der Waals surface area contributed by atoms with E-state index in [4.69, 9.17) is 9.47 Å². The molecule has 3 aromatic rings. The third-order valence-electron chi connectivity index (χ3n) is 4.42. The Morgan fingerprint density at radius 3 is 2.54 bits per heavy atom. The quantitative estimate of drug-likeness (QED) is 0.676. The monoisotopic (exact) mass is 351 g/mol. The van der Waals surface area contributed by atoms with Gasteiger partial charge in [0.15, 0.2) is 11.5 Å². The maximum Gasteiger partial charge on any atom is 0.161 e. The first-order valence-electron chi connectivity index (χ1n) is 8.80. The Hall–Kier alpha value is -2.72. The van der Waals surface area contributed by atoms with Crippen LogP contribution < -0.4 is 9.47 Å². The van der Waals surface area contributed by atoms with Crippen molar-refractivity contribution in [2.24, 2.45) is 0 Å². The number of aromatic hydroxyl groups is 1. The Kier molecular flexibility index (Phi) is 5.64. The summed E-state index contributed by atoms with van der Waals surface area (Å²) in [5.41, 5.74) is 2.08. The van der Waals surface area contributed by atoms with Crippen molar-refractivity contribution < 1.29 is 14.6 Å². The highest BCUT2D eigenvalue weighted by Gasteiger charge is 2.11. The third kappa shape index (κ3) is 3.92. The molecule has 0 aliphatic heterocycles. The van der Waals surface area contributed by atoms with Gasteiger partial charge in [0.2, 0.25) is 0 Å². The Morgan fingerprint density at radius 1 is 0.962 bits per heavy atom. The Balaban J connectivity index is 1.79. The number of hydrogen-bond acceptors (Lipinski definition) is 4. The average molecular weight is 351 g/mol. The second-order valence-corrected chi connectivity index (χ2v) is 6.37. The van der Waals surface area contributed by atoms with Gasteiger partial charge in [0.25, 0.3) is 0 Å². The third-order valence-corrected chi connectivity index (χ3v) is 4.42. The predicted molar refractivity (Wildman–Crippen MR) is 105 cm³/mol. The highest BCUT2D eigenvalue weighted by atomic mass is 16.5. The lowest BCUT2D eigenvalue weighted by molar-refractivity contribution is 0.304. The largest absolute Gasteiger partial charge is 0.508 e. The van der Waals surface area contributed by atoms with Crippen molar-refractivity contribution in [2.45, 2.75) is 20.0 Å². The Labute approximate surface area is 154 Å². The molecule has 26 heavy (non-hydrogen) atoms. The minimum atomic E-state index is 0.333. The number of rotatable bonds is 7. The SMILES string of the molecule is CCOc1ccc(CN(C)Cc2c(O)ccc3ccccc23)cc1OC. The Bertz CT molecular complexity index is 892. The molecule has 0 saturated heterocycles. The molecule has 0 unspecified atom stereocenters. The molecule has 1 N–H and O–H groups in total. The number of ether oxygens (including phenoxy) is 2. The molecule has 4 nitrogen and oxygen atoms in total. The van der Waals surface area contributed by atoms with Crippen molar-refractivity contribution in [1.82, 2.24) is 4.90 Å². The van der Waals surface area contributed by atoms with Crippen LogP contribution in [0.25, 0.3) is 10.8 Å². The van der Waals surface area contributed by atoms with E-state index in [1.165, 1.54) is 0 Å². The minimum absolute atomic E-state index is 0.333. The molecule has 0 fully saturated rings. The summed E-state index contributed by atoms with van der Waals surface area (Å²) in [4.78, 5) is 2.18. The first kappa shape index (κ1) is 18.1. The molecule has 0 atom stereocenters. The van der Waals surface area contributed by atoms with E-state index in [1.54, 1.807) is 13.2 Å². The fraction of sp³-hybridized carbons (Fsp3) is 0.273. The van der Waals surface area contributed by atoms with E-state index < -0.39 is 0 Å². The van der Waals surface area contributed by atoms with E-state index in [0.29, 0.717) is 18.9 Å². The topological polar surface area (TPSA) is 41.9 Å². The van der Waals surface area contributed by atoms with E-state index in [0.717, 1.165) is 39.9 Å². The van der Waals surface area contributed by atoms with Gasteiger partial charge in [-0.15, -0.1) is 0 Å². The van der Waals surface area contributed by atoms with Gasteiger partial charge in [-0.3, -0.25) is 4.90 Å². The molecular weight excluding hydrogens is 326 g/mol. The number of hydrogen-bond donors (Lipinski definition) is 1. The van der Waals surface area contributed by atoms with Gasteiger partial charge < -0.3 is 14.6 Å². The van der Waals surface area contributed by atoms with Crippen LogP contribution >= 0.6 is 0 Å². The van der Waals surface area contributed by atoms with E-state index >= 15 is 0 Å². The number of fused-ring (bicyclic) bond motifs is 1. The van der Waals surface area contributed by atoms with Gasteiger partial charge in [-0.05, 0) is 48.5 Å². The highest BCUT2D eigenvalue weighted by molar-refractivity contribution is 5.87. The first-order valence-corrected chi connectivity index (χ1v) is 8.80. The molecule has 0 aliphatic rings. The van der Waals surface area contributed by atoms with Gasteiger partial charge in [-0.1, -0.05) is 36.4 Å². The summed E-state index contributed by atoms with van der Waals surface area (Å²) < 4.78 is 11.0. The lowest BCUT2D eigenvalue weighted by Gasteiger charge is -2.20. The molecule has 0 radical (unpaired) electrons. The van der Waals surface area contributed by atoms with Gasteiger partial charge in [0.1, 0.15) is 5.75 Å². The zero-order chi connectivity index (χ0) is 18.5. The summed E-state index contributed by atoms with van der Waals surface area (Å²) >= 11 is 0. The van der Waals surface area contributed by atoms with Gasteiger partial charge in [-0.2, -0.15) is 0 Å². The second-order valence-electron chi connectivity index (χ2n) is 6.37. The van der Waals surface area contributed by atoms with Crippen molar-refractivity contribution in [1.29, 1.82) is 0 Å². The van der Waals surface area contributed by atoms with Crippen molar-refractivity contribution in [3.8, 4) is 17.2 Å². The van der Waals surface area contributed by atoms with Crippen molar-refractivity contribution in [2.75, 3.05) is 20.8 Å². The van der Waals surface area contributed by atoms with Crippen molar-refractivity contribution in [3.05, 3.63) is 65.7 Å². The number of phenols is 1. The van der Waals surface area contributed by atoms with Crippen LogP contribution in [0.5, 0.6) is 17.2 Å². The van der Waals surface area contributed by atoms with E-state index in [2.05, 4.69) is 17.0 Å². The average Bonchev–Trinajstić information content (AvgIpc) is 2.65. The molecule has 0 amide bonds. The first-order chi connectivity index (χ1) is 12.6. The van der Waals surface area contributed by atoms with Gasteiger partial charge in [-0.25, -0.2) is 0 Å². The fourth-order valence-corrected chi connectivity index (χ4v) is 3.21. The standard InChI is InChI=1S/C22H25NO3/c1-4-26-21-12-9-16(13-22(21)25-3)14-23(2)15-19-18-8-6-5-7-17(18)10-11-20(19)24/h5-13,24H,4,14-15H2,1-3H3. The summed E-state index contributed by atoms with van der Waals surface area (Å²) in [6.45, 7) is 3.96. The van der Waals surface area contributed by atoms with Crippen LogP contribution in [-0.4, -0.2) is 30.8 Å². The van der Waals surface area contributed by atoms with Crippen LogP contribution in [0.2, 0.25) is 0 Å². The summed E-state index contributed by atoms with van der Waals surface area (Å²) in [5.74, 6) is 1.83. The van der Waals surface area contributed by atoms with Crippen LogP contribution in [0.4, 0.5) is 0 Å². The fourth-order valence-electron chi connectivity index (χ4n) is 3.21. The zero-order valence-electron chi connectivity index (χ0n) is 15.5. The second kappa shape index (κ2) is 8.11. The summed E-state index contributed by atoms with van der Waals surface area (Å²) in [5, 5.41) is 12.6. The molecule has 0 heterocycles. The summed E-state index contributed by atoms with van der Waals surface area (Å²) in [7, 11) is 3.70. The van der Waals surface area contributed by atoms with Gasteiger partial charge >= 0.3 is 0 Å². The highest BCUT2D eigenvalue weighted by Crippen LogP contribution is 2.30. The smallest absolute Gasteiger partial charge is 0.161 e. The number of nitrogens with zero attached hydrogens (tertiary/aromatic N) is 1. The maximum absolute atomic E-state index is 10.3. The van der Waals surface area contributed by atoms with Gasteiger partial charge in [0.05, 0.1) is 13.7 Å². The minimum Gasteiger partial charge on any atom is -0.508 e. The van der Waals surface area contributed by atoms with Crippen LogP contribution in [0, 0.1) is 0 Å². The van der Waals surface area contributed by atoms with E-state index in [9.17, 15) is 5.11 Å². The van der Waals surface area contributed by atoms with Gasteiger partial charge in [0, 0.05) is 18.7 Å². The lowest BCUT2D eigenvalue weighted by atomic mass is 10.0. The van der Waals surface area contributed by atoms with Crippen LogP contribution in [-0.2, 0) is 13.1 Å². The number of phenolic OH excluding ortho intramolecular Hbond substituents is 1. The Morgan fingerprint density at radius 2 is 1.77 bits per heavy atom. The molecule has 3 aromatic carbocycles. The molecule has 0 aliphatic carbocycles. The lowest BCUT2D eigenvalue weighted by Crippen LogP contribution is -2.17. The zero-order valence-corrected chi connectivity index (χ0v) is 15.5. The maximum atomic E-state index is 10.3. The summed E-state index contributed by atoms with van der Waals surface area (Å²) in [6.07, 6.45) is 0. The van der Waals surface area contributed by atoms with E-state index in [1.807, 2.05) is 50.4 Å². The molecule has 3 rings (SSSR count). The van der Waals surface area contributed by atoms with Crippen LogP contribution in [0.1, 0.15) is 18.1 Å². The van der Waals surface area contributed by atoms with Crippen molar-refractivity contribution >= 4 is 10.8 Å². The normalized spacial score (nSPS) is 11.1. The summed E-state index contributed by atoms with van der Waals surface area (Å²) in [6, 6.07) is 17.9. The molecule has 0 bridgehead atoms. The molecule has 136 valence electrons. The van der Waals surface area contributed by atoms with Crippen LogP contribution in [0.15, 0.2) is 54.6 Å². The van der Waals surface area contributed by atoms with Crippen LogP contribution in [0.3, 0.4) is 0 Å². The number of benzene rings is 3. The van der Waals surface area contributed by atoms with Crippen molar-refractivity contribution in [3.63, 3.8) is 0 Å². The van der Waals surface area contributed by atoms with E-state index in [-0.39, 0.29) is 0 Å². The molecule has 4 heteroatoms. The molecule has 0 saturated carbocycles.